The molecule has 0 saturated heterocycles. The Hall–Kier alpha value is -3.56. The van der Waals surface area contributed by atoms with Crippen LogP contribution in [-0.2, 0) is 4.79 Å². The lowest BCUT2D eigenvalue weighted by molar-refractivity contribution is -0.274. The molecular weight excluding hydrogens is 434 g/mol. The second-order valence-corrected chi connectivity index (χ2v) is 7.18. The number of aromatic hydroxyl groups is 1. The lowest BCUT2D eigenvalue weighted by Gasteiger charge is -2.13. The number of halogens is 4. The van der Waals surface area contributed by atoms with Gasteiger partial charge in [-0.25, -0.2) is 4.39 Å². The normalized spacial score (nSPS) is 12.7. The summed E-state index contributed by atoms with van der Waals surface area (Å²) in [5.74, 6) is -5.31. The number of ether oxygens (including phenoxy) is 1. The molecule has 170 valence electrons. The fourth-order valence-electron chi connectivity index (χ4n) is 3.78. The monoisotopic (exact) mass is 453 g/mol. The molecule has 0 unspecified atom stereocenters. The van der Waals surface area contributed by atoms with Gasteiger partial charge in [-0.2, -0.15) is 0 Å². The van der Waals surface area contributed by atoms with Gasteiger partial charge in [0.05, 0.1) is 11.4 Å². The molecule has 0 amide bonds. The van der Waals surface area contributed by atoms with Crippen LogP contribution in [0.15, 0.2) is 36.4 Å². The van der Waals surface area contributed by atoms with Crippen LogP contribution in [0.2, 0.25) is 0 Å². The largest absolute Gasteiger partial charge is 0.573 e. The van der Waals surface area contributed by atoms with Crippen LogP contribution in [0.5, 0.6) is 11.5 Å². The van der Waals surface area contributed by atoms with Gasteiger partial charge in [-0.15, -0.1) is 13.2 Å². The fraction of sp³-hybridized carbons (Fsp3) is 0.273. The first-order chi connectivity index (χ1) is 15.0. The van der Waals surface area contributed by atoms with Crippen molar-refractivity contribution in [1.29, 1.82) is 0 Å². The zero-order valence-electron chi connectivity index (χ0n) is 17.0. The molecule has 3 rings (SSSR count). The molecule has 0 spiro atoms. The van der Waals surface area contributed by atoms with Crippen LogP contribution in [0, 0.1) is 12.7 Å². The number of carbonyl (C=O) groups is 2. The average molecular weight is 453 g/mol. The van der Waals surface area contributed by atoms with Crippen LogP contribution in [0.25, 0.3) is 10.9 Å². The average Bonchev–Trinajstić information content (AvgIpc) is 3.00. The maximum absolute atomic E-state index is 14.9. The van der Waals surface area contributed by atoms with Gasteiger partial charge in [-0.1, -0.05) is 13.3 Å². The highest BCUT2D eigenvalue weighted by Crippen LogP contribution is 2.39. The Balaban J connectivity index is 2.19. The Labute approximate surface area is 179 Å². The van der Waals surface area contributed by atoms with Crippen molar-refractivity contribution < 1.29 is 42.1 Å². The summed E-state index contributed by atoms with van der Waals surface area (Å²) in [6, 6.07) is 6.49. The van der Waals surface area contributed by atoms with E-state index in [1.54, 1.807) is 6.92 Å². The molecule has 1 heterocycles. The number of phenols is 1. The summed E-state index contributed by atoms with van der Waals surface area (Å²) in [5.41, 5.74) is 0.233. The number of benzene rings is 2. The van der Waals surface area contributed by atoms with E-state index in [0.717, 1.165) is 34.9 Å². The molecule has 32 heavy (non-hydrogen) atoms. The van der Waals surface area contributed by atoms with E-state index in [2.05, 4.69) is 4.74 Å². The number of alkyl halides is 3. The van der Waals surface area contributed by atoms with Crippen molar-refractivity contribution in [1.82, 2.24) is 4.57 Å². The second-order valence-electron chi connectivity index (χ2n) is 7.18. The van der Waals surface area contributed by atoms with Crippen molar-refractivity contribution in [2.45, 2.75) is 39.0 Å². The zero-order valence-corrected chi connectivity index (χ0v) is 17.0. The molecule has 0 bridgehead atoms. The molecule has 2 aromatic carbocycles. The van der Waals surface area contributed by atoms with E-state index in [-0.39, 0.29) is 34.1 Å². The zero-order chi connectivity index (χ0) is 23.8. The number of hydrogen-bond acceptors (Lipinski definition) is 4. The molecule has 0 fully saturated rings. The predicted molar refractivity (Wildman–Crippen MR) is 106 cm³/mol. The first-order valence-electron chi connectivity index (χ1n) is 9.62. The first-order valence-corrected chi connectivity index (χ1v) is 9.62. The molecule has 0 saturated carbocycles. The third-order valence-electron chi connectivity index (χ3n) is 5.10. The molecule has 0 radical (unpaired) electrons. The number of nitrogens with zero attached hydrogens (tertiary/aromatic N) is 1. The van der Waals surface area contributed by atoms with Gasteiger partial charge in [0.15, 0.2) is 11.6 Å². The number of phenolic OH excluding ortho intramolecular Hbond substituents is 1. The summed E-state index contributed by atoms with van der Waals surface area (Å²) in [5, 5.41) is 19.4. The smallest absolute Gasteiger partial charge is 0.505 e. The summed E-state index contributed by atoms with van der Waals surface area (Å²) in [4.78, 5) is 25.1. The fourth-order valence-corrected chi connectivity index (χ4v) is 3.78. The van der Waals surface area contributed by atoms with Crippen molar-refractivity contribution >= 4 is 22.8 Å². The maximum Gasteiger partial charge on any atom is 0.573 e. The lowest BCUT2D eigenvalue weighted by atomic mass is 9.92. The highest BCUT2D eigenvalue weighted by Gasteiger charge is 2.32. The van der Waals surface area contributed by atoms with Crippen molar-refractivity contribution in [3.05, 3.63) is 59.0 Å². The van der Waals surface area contributed by atoms with Gasteiger partial charge in [0.2, 0.25) is 0 Å². The van der Waals surface area contributed by atoms with Gasteiger partial charge < -0.3 is 14.9 Å². The Bertz CT molecular complexity index is 1180. The Morgan fingerprint density at radius 3 is 2.28 bits per heavy atom. The third kappa shape index (κ3) is 4.25. The van der Waals surface area contributed by atoms with Crippen molar-refractivity contribution in [3.8, 4) is 11.5 Å². The summed E-state index contributed by atoms with van der Waals surface area (Å²) in [6.07, 6.45) is -4.25. The molecule has 0 aliphatic heterocycles. The second kappa shape index (κ2) is 8.52. The SMILES string of the molecule is CCC[C@H](C(=O)O)c1c(C)n(C(=O)c2ccc(OC(F)(F)F)cc2)c2ccc(O)c(F)c12. The van der Waals surface area contributed by atoms with E-state index in [9.17, 15) is 37.4 Å². The van der Waals surface area contributed by atoms with Crippen LogP contribution in [-0.4, -0.2) is 33.0 Å². The van der Waals surface area contributed by atoms with Crippen molar-refractivity contribution in [2.24, 2.45) is 0 Å². The van der Waals surface area contributed by atoms with Crippen LogP contribution >= 0.6 is 0 Å². The van der Waals surface area contributed by atoms with Gasteiger partial charge >= 0.3 is 12.3 Å². The summed E-state index contributed by atoms with van der Waals surface area (Å²) >= 11 is 0. The Morgan fingerprint density at radius 1 is 1.12 bits per heavy atom. The van der Waals surface area contributed by atoms with Gasteiger partial charge in [-0.3, -0.25) is 14.2 Å². The molecule has 1 aromatic heterocycles. The number of rotatable bonds is 6. The van der Waals surface area contributed by atoms with Crippen LogP contribution in [0.1, 0.15) is 47.3 Å². The number of hydrogen-bond donors (Lipinski definition) is 2. The number of aromatic nitrogens is 1. The van der Waals surface area contributed by atoms with E-state index in [4.69, 9.17) is 0 Å². The third-order valence-corrected chi connectivity index (χ3v) is 5.10. The molecule has 6 nitrogen and oxygen atoms in total. The van der Waals surface area contributed by atoms with Gasteiger partial charge in [0.1, 0.15) is 5.75 Å². The van der Waals surface area contributed by atoms with Crippen LogP contribution in [0.4, 0.5) is 17.6 Å². The van der Waals surface area contributed by atoms with E-state index < -0.39 is 41.5 Å². The Kier molecular flexibility index (Phi) is 6.16. The number of carboxylic acids is 1. The topological polar surface area (TPSA) is 88.8 Å². The first kappa shape index (κ1) is 23.1. The number of aliphatic carboxylic acids is 1. The lowest BCUT2D eigenvalue weighted by Crippen LogP contribution is -2.18. The molecule has 10 heteroatoms. The summed E-state index contributed by atoms with van der Waals surface area (Å²) in [6.45, 7) is 3.21. The van der Waals surface area contributed by atoms with Gasteiger partial charge in [0.25, 0.3) is 5.91 Å². The van der Waals surface area contributed by atoms with Gasteiger partial charge in [-0.05, 0) is 55.3 Å². The highest BCUT2D eigenvalue weighted by atomic mass is 19.4. The minimum atomic E-state index is -4.89. The molecule has 0 aliphatic carbocycles. The van der Waals surface area contributed by atoms with E-state index in [0.29, 0.717) is 6.42 Å². The summed E-state index contributed by atoms with van der Waals surface area (Å²) in [7, 11) is 0. The minimum Gasteiger partial charge on any atom is -0.505 e. The van der Waals surface area contributed by atoms with E-state index >= 15 is 0 Å². The quantitative estimate of drug-likeness (QED) is 0.491. The van der Waals surface area contributed by atoms with Crippen LogP contribution < -0.4 is 4.74 Å². The standard InChI is InChI=1S/C22H19F4NO5/c1-3-4-14(21(30)31)17-11(2)27(15-9-10-16(28)19(23)18(15)17)20(29)12-5-7-13(8-6-12)32-22(24,25)26/h5-10,14,28H,3-4H2,1-2H3,(H,30,31)/t14-/m0/s1. The van der Waals surface area contributed by atoms with Gasteiger partial charge in [0, 0.05) is 16.6 Å². The van der Waals surface area contributed by atoms with Crippen LogP contribution in [0.3, 0.4) is 0 Å². The number of carboxylic acid groups (broad SMARTS) is 1. The molecule has 0 aliphatic rings. The highest BCUT2D eigenvalue weighted by molar-refractivity contribution is 6.05. The summed E-state index contributed by atoms with van der Waals surface area (Å²) < 4.78 is 56.9. The molecule has 1 atom stereocenters. The maximum atomic E-state index is 14.9. The minimum absolute atomic E-state index is 0.0260. The van der Waals surface area contributed by atoms with Crippen molar-refractivity contribution in [2.75, 3.05) is 0 Å². The van der Waals surface area contributed by atoms with E-state index in [1.165, 1.54) is 13.0 Å². The van der Waals surface area contributed by atoms with E-state index in [1.807, 2.05) is 0 Å². The molecular formula is C22H19F4NO5. The number of fused-ring (bicyclic) bond motifs is 1. The predicted octanol–water partition coefficient (Wildman–Crippen LogP) is 5.35. The van der Waals surface area contributed by atoms with Crippen molar-refractivity contribution in [3.63, 3.8) is 0 Å². The number of carbonyl (C=O) groups excluding carboxylic acids is 1. The molecule has 2 N–H and O–H groups in total. The molecule has 3 aromatic rings. The Morgan fingerprint density at radius 2 is 1.75 bits per heavy atom.